The van der Waals surface area contributed by atoms with Gasteiger partial charge in [-0.2, -0.15) is 0 Å². The average molecular weight is 453 g/mol. The Morgan fingerprint density at radius 1 is 1.25 bits per heavy atom. The van der Waals surface area contributed by atoms with Gasteiger partial charge in [0.2, 0.25) is 11.8 Å². The molecule has 24 heavy (non-hydrogen) atoms. The fourth-order valence-corrected chi connectivity index (χ4v) is 3.14. The second kappa shape index (κ2) is 10.0. The Hall–Kier alpha value is -1.06. The lowest BCUT2D eigenvalue weighted by Crippen LogP contribution is -2.66. The van der Waals surface area contributed by atoms with Gasteiger partial charge in [-0.3, -0.25) is 9.59 Å². The van der Waals surface area contributed by atoms with E-state index in [-0.39, 0.29) is 60.5 Å². The fourth-order valence-electron chi connectivity index (χ4n) is 3.14. The molecule has 0 aliphatic carbocycles. The van der Waals surface area contributed by atoms with Crippen LogP contribution in [0.1, 0.15) is 41.5 Å². The lowest BCUT2D eigenvalue weighted by atomic mass is 9.96. The number of nitrogens with one attached hydrogen (secondary N) is 2. The number of piperazine rings is 1. The van der Waals surface area contributed by atoms with Crippen molar-refractivity contribution >= 4 is 41.8 Å². The van der Waals surface area contributed by atoms with Crippen molar-refractivity contribution in [2.24, 2.45) is 4.99 Å². The van der Waals surface area contributed by atoms with Gasteiger partial charge >= 0.3 is 0 Å². The maximum absolute atomic E-state index is 12.5. The van der Waals surface area contributed by atoms with E-state index in [4.69, 9.17) is 0 Å². The van der Waals surface area contributed by atoms with Crippen LogP contribution in [0.25, 0.3) is 0 Å². The number of carbonyl (C=O) groups is 2. The van der Waals surface area contributed by atoms with Crippen LogP contribution >= 0.6 is 24.0 Å². The van der Waals surface area contributed by atoms with E-state index in [9.17, 15) is 9.59 Å². The molecule has 8 heteroatoms. The van der Waals surface area contributed by atoms with E-state index in [1.54, 1.807) is 0 Å². The van der Waals surface area contributed by atoms with Gasteiger partial charge < -0.3 is 20.4 Å². The summed E-state index contributed by atoms with van der Waals surface area (Å²) < 4.78 is 0. The molecule has 1 aliphatic heterocycles. The molecule has 2 amide bonds. The van der Waals surface area contributed by atoms with Crippen molar-refractivity contribution in [1.29, 1.82) is 0 Å². The Kier molecular flexibility index (Phi) is 9.61. The van der Waals surface area contributed by atoms with Gasteiger partial charge in [-0.25, -0.2) is 4.99 Å². The molecule has 0 spiro atoms. The second-order valence-electron chi connectivity index (χ2n) is 6.65. The van der Waals surface area contributed by atoms with Gasteiger partial charge in [0.25, 0.3) is 0 Å². The molecule has 1 saturated heterocycles. The molecule has 0 radical (unpaired) electrons. The van der Waals surface area contributed by atoms with Crippen LogP contribution in [0, 0.1) is 0 Å². The summed E-state index contributed by atoms with van der Waals surface area (Å²) in [5.41, 5.74) is -0.286. The summed E-state index contributed by atoms with van der Waals surface area (Å²) in [5, 5.41) is 5.90. The average Bonchev–Trinajstić information content (AvgIpc) is 2.41. The zero-order valence-corrected chi connectivity index (χ0v) is 18.0. The van der Waals surface area contributed by atoms with Crippen LogP contribution in [-0.4, -0.2) is 71.9 Å². The molecule has 0 unspecified atom stereocenters. The zero-order valence-electron chi connectivity index (χ0n) is 15.7. The van der Waals surface area contributed by atoms with Gasteiger partial charge in [-0.15, -0.1) is 24.0 Å². The topological polar surface area (TPSA) is 77.0 Å². The Labute approximate surface area is 162 Å². The molecule has 0 bridgehead atoms. The Morgan fingerprint density at radius 3 is 2.29 bits per heavy atom. The number of halogens is 1. The summed E-state index contributed by atoms with van der Waals surface area (Å²) in [6, 6.07) is 0.162. The van der Waals surface area contributed by atoms with Gasteiger partial charge in [-0.05, 0) is 41.5 Å². The zero-order chi connectivity index (χ0) is 17.6. The third kappa shape index (κ3) is 6.10. The van der Waals surface area contributed by atoms with Crippen LogP contribution in [0.15, 0.2) is 4.99 Å². The number of rotatable bonds is 5. The molecular formula is C16H32IN5O2. The van der Waals surface area contributed by atoms with Crippen molar-refractivity contribution in [3.8, 4) is 0 Å². The molecule has 1 heterocycles. The number of hydrogen-bond acceptors (Lipinski definition) is 3. The van der Waals surface area contributed by atoms with Crippen molar-refractivity contribution in [1.82, 2.24) is 20.4 Å². The quantitative estimate of drug-likeness (QED) is 0.371. The molecular weight excluding hydrogens is 421 g/mol. The van der Waals surface area contributed by atoms with Crippen LogP contribution in [0.4, 0.5) is 0 Å². The normalized spacial score (nSPS) is 17.6. The van der Waals surface area contributed by atoms with Crippen molar-refractivity contribution in [2.75, 3.05) is 32.7 Å². The Bertz CT molecular complexity index is 465. The first-order valence-corrected chi connectivity index (χ1v) is 8.35. The SMILES string of the molecule is CCNC(=O)CN=C(NCC)N1CC(=O)N(C(C)C)C(C)(C)C1.I. The number of likely N-dealkylation sites (N-methyl/N-ethyl adjacent to an activating group) is 1. The molecule has 7 nitrogen and oxygen atoms in total. The summed E-state index contributed by atoms with van der Waals surface area (Å²) in [7, 11) is 0. The molecule has 1 fully saturated rings. The smallest absolute Gasteiger partial charge is 0.242 e. The van der Waals surface area contributed by atoms with E-state index < -0.39 is 0 Å². The predicted molar refractivity (Wildman–Crippen MR) is 108 cm³/mol. The minimum absolute atomic E-state index is 0. The standard InChI is InChI=1S/C16H31N5O2.HI/c1-7-17-13(22)9-19-15(18-8-2)20-10-14(23)21(12(3)4)16(5,6)11-20;/h12H,7-11H2,1-6H3,(H,17,22)(H,18,19);1H. The van der Waals surface area contributed by atoms with E-state index in [2.05, 4.69) is 29.5 Å². The van der Waals surface area contributed by atoms with Crippen LogP contribution in [-0.2, 0) is 9.59 Å². The van der Waals surface area contributed by atoms with E-state index in [0.29, 0.717) is 25.6 Å². The number of carbonyl (C=O) groups excluding carboxylic acids is 2. The fraction of sp³-hybridized carbons (Fsp3) is 0.812. The summed E-state index contributed by atoms with van der Waals surface area (Å²) in [6.45, 7) is 14.3. The summed E-state index contributed by atoms with van der Waals surface area (Å²) in [4.78, 5) is 32.4. The lowest BCUT2D eigenvalue weighted by Gasteiger charge is -2.49. The molecule has 0 aromatic carbocycles. The summed E-state index contributed by atoms with van der Waals surface area (Å²) in [5.74, 6) is 0.581. The van der Waals surface area contributed by atoms with Gasteiger partial charge in [0.1, 0.15) is 6.54 Å². The predicted octanol–water partition coefficient (Wildman–Crippen LogP) is 1.04. The highest BCUT2D eigenvalue weighted by atomic mass is 127. The van der Waals surface area contributed by atoms with Crippen LogP contribution in [0.3, 0.4) is 0 Å². The monoisotopic (exact) mass is 453 g/mol. The highest BCUT2D eigenvalue weighted by molar-refractivity contribution is 14.0. The molecule has 0 atom stereocenters. The number of guanidine groups is 1. The lowest BCUT2D eigenvalue weighted by molar-refractivity contribution is -0.145. The molecule has 140 valence electrons. The minimum atomic E-state index is -0.286. The van der Waals surface area contributed by atoms with Gasteiger partial charge in [0.05, 0.1) is 12.1 Å². The van der Waals surface area contributed by atoms with Crippen LogP contribution < -0.4 is 10.6 Å². The van der Waals surface area contributed by atoms with E-state index in [1.807, 2.05) is 37.5 Å². The molecule has 1 rings (SSSR count). The molecule has 2 N–H and O–H groups in total. The molecule has 0 saturated carbocycles. The highest BCUT2D eigenvalue weighted by Crippen LogP contribution is 2.24. The molecule has 0 aromatic heterocycles. The maximum Gasteiger partial charge on any atom is 0.242 e. The van der Waals surface area contributed by atoms with Gasteiger partial charge in [-0.1, -0.05) is 0 Å². The maximum atomic E-state index is 12.5. The van der Waals surface area contributed by atoms with E-state index in [1.165, 1.54) is 0 Å². The van der Waals surface area contributed by atoms with E-state index >= 15 is 0 Å². The first-order chi connectivity index (χ1) is 10.7. The number of hydrogen-bond donors (Lipinski definition) is 2. The van der Waals surface area contributed by atoms with E-state index in [0.717, 1.165) is 0 Å². The van der Waals surface area contributed by atoms with Gasteiger partial charge in [0, 0.05) is 25.7 Å². The highest BCUT2D eigenvalue weighted by Gasteiger charge is 2.40. The molecule has 1 aliphatic rings. The third-order valence-corrected chi connectivity index (χ3v) is 3.72. The second-order valence-corrected chi connectivity index (χ2v) is 6.65. The largest absolute Gasteiger partial charge is 0.356 e. The van der Waals surface area contributed by atoms with Crippen LogP contribution in [0.2, 0.25) is 0 Å². The van der Waals surface area contributed by atoms with Crippen molar-refractivity contribution < 1.29 is 9.59 Å². The summed E-state index contributed by atoms with van der Waals surface area (Å²) in [6.07, 6.45) is 0. The van der Waals surface area contributed by atoms with Crippen molar-refractivity contribution in [2.45, 2.75) is 53.1 Å². The van der Waals surface area contributed by atoms with Crippen molar-refractivity contribution in [3.05, 3.63) is 0 Å². The number of nitrogens with zero attached hydrogens (tertiary/aromatic N) is 3. The molecule has 0 aromatic rings. The Balaban J connectivity index is 0.00000529. The first kappa shape index (κ1) is 22.9. The number of amides is 2. The van der Waals surface area contributed by atoms with Crippen molar-refractivity contribution in [3.63, 3.8) is 0 Å². The number of aliphatic imine (C=N–C) groups is 1. The Morgan fingerprint density at radius 2 is 1.83 bits per heavy atom. The van der Waals surface area contributed by atoms with Crippen LogP contribution in [0.5, 0.6) is 0 Å². The summed E-state index contributed by atoms with van der Waals surface area (Å²) >= 11 is 0. The van der Waals surface area contributed by atoms with Gasteiger partial charge in [0.15, 0.2) is 5.96 Å². The first-order valence-electron chi connectivity index (χ1n) is 8.35. The third-order valence-electron chi connectivity index (χ3n) is 3.72. The minimum Gasteiger partial charge on any atom is -0.356 e.